The number of hydrogen-bond donors (Lipinski definition) is 1. The topological polar surface area (TPSA) is 81.4 Å². The number of nitrogens with zero attached hydrogens (tertiary/aromatic N) is 2. The van der Waals surface area contributed by atoms with Crippen molar-refractivity contribution in [3.63, 3.8) is 0 Å². The molecule has 0 radical (unpaired) electrons. The summed E-state index contributed by atoms with van der Waals surface area (Å²) in [6.45, 7) is 11.5. The van der Waals surface area contributed by atoms with Crippen LogP contribution in [0.3, 0.4) is 0 Å². The quantitative estimate of drug-likeness (QED) is 0.270. The molecule has 6 rings (SSSR count). The third-order valence-electron chi connectivity index (χ3n) is 8.49. The van der Waals surface area contributed by atoms with E-state index in [1.165, 1.54) is 45.4 Å². The van der Waals surface area contributed by atoms with Gasteiger partial charge in [0.2, 0.25) is 0 Å². The second kappa shape index (κ2) is 9.04. The van der Waals surface area contributed by atoms with E-state index in [-0.39, 0.29) is 22.2 Å². The second-order valence-corrected chi connectivity index (χ2v) is 14.2. The molecule has 2 aliphatic heterocycles. The van der Waals surface area contributed by atoms with Gasteiger partial charge in [0, 0.05) is 50.3 Å². The summed E-state index contributed by atoms with van der Waals surface area (Å²) in [6, 6.07) is 11.9. The Labute approximate surface area is 236 Å². The number of ketones is 1. The van der Waals surface area contributed by atoms with Crippen LogP contribution in [0.5, 0.6) is 0 Å². The van der Waals surface area contributed by atoms with Gasteiger partial charge in [0.15, 0.2) is 5.78 Å². The third kappa shape index (κ3) is 4.27. The molecule has 0 saturated heterocycles. The number of carboxylic acids is 1. The van der Waals surface area contributed by atoms with Crippen molar-refractivity contribution in [2.24, 2.45) is 0 Å². The summed E-state index contributed by atoms with van der Waals surface area (Å²) in [4.78, 5) is 31.0. The van der Waals surface area contributed by atoms with Crippen molar-refractivity contribution in [2.45, 2.75) is 57.8 Å². The smallest absolute Gasteiger partial charge is 0.346 e. The van der Waals surface area contributed by atoms with Crippen LogP contribution in [0.1, 0.15) is 72.5 Å². The van der Waals surface area contributed by atoms with Crippen LogP contribution in [-0.2, 0) is 26.8 Å². The van der Waals surface area contributed by atoms with Crippen LogP contribution in [0.4, 0.5) is 5.69 Å². The fourth-order valence-electron chi connectivity index (χ4n) is 6.21. The highest BCUT2D eigenvalue weighted by Gasteiger charge is 2.43. The lowest BCUT2D eigenvalue weighted by molar-refractivity contribution is -0.132. The number of anilines is 1. The van der Waals surface area contributed by atoms with E-state index in [0.29, 0.717) is 11.3 Å². The number of fused-ring (bicyclic) bond motifs is 2. The minimum absolute atomic E-state index is 0.0262. The molecule has 5 nitrogen and oxygen atoms in total. The van der Waals surface area contributed by atoms with Gasteiger partial charge in [-0.2, -0.15) is 5.26 Å². The number of allylic oxidation sites excluding steroid dienone is 1. The first kappa shape index (κ1) is 25.8. The molecule has 39 heavy (non-hydrogen) atoms. The maximum atomic E-state index is 13.6. The maximum Gasteiger partial charge on any atom is 0.346 e. The zero-order chi connectivity index (χ0) is 27.7. The molecule has 0 amide bonds. The summed E-state index contributed by atoms with van der Waals surface area (Å²) >= 11 is 3.01. The number of carbonyl (C=O) groups is 2. The number of rotatable bonds is 4. The third-order valence-corrected chi connectivity index (χ3v) is 10.8. The first-order chi connectivity index (χ1) is 18.5. The minimum atomic E-state index is -1.23. The van der Waals surface area contributed by atoms with Gasteiger partial charge in [-0.05, 0) is 88.4 Å². The van der Waals surface area contributed by atoms with E-state index in [4.69, 9.17) is 10.4 Å². The molecule has 4 heterocycles. The van der Waals surface area contributed by atoms with Crippen LogP contribution in [0.25, 0.3) is 27.5 Å². The number of carbonyl (C=O) groups excluding carboxylic acids is 1. The van der Waals surface area contributed by atoms with Crippen molar-refractivity contribution in [1.82, 2.24) is 0 Å². The molecule has 0 spiro atoms. The molecule has 0 atom stereocenters. The number of nitriles is 1. The molecule has 1 N–H and O–H groups in total. The molecule has 1 aliphatic carbocycles. The van der Waals surface area contributed by atoms with Crippen molar-refractivity contribution in [3.8, 4) is 15.8 Å². The largest absolute Gasteiger partial charge is 0.477 e. The fraction of sp³-hybridized carbons (Fsp3) is 0.344. The lowest BCUT2D eigenvalue weighted by atomic mass is 9.66. The summed E-state index contributed by atoms with van der Waals surface area (Å²) in [5.41, 5.74) is 7.14. The van der Waals surface area contributed by atoms with Gasteiger partial charge < -0.3 is 10.0 Å². The van der Waals surface area contributed by atoms with Crippen molar-refractivity contribution >= 4 is 57.8 Å². The van der Waals surface area contributed by atoms with E-state index >= 15 is 0 Å². The van der Waals surface area contributed by atoms with Gasteiger partial charge >= 0.3 is 5.97 Å². The summed E-state index contributed by atoms with van der Waals surface area (Å²) in [7, 11) is 0. The van der Waals surface area contributed by atoms with Crippen LogP contribution in [0.2, 0.25) is 0 Å². The van der Waals surface area contributed by atoms with Gasteiger partial charge in [-0.1, -0.05) is 27.7 Å². The predicted octanol–water partition coefficient (Wildman–Crippen LogP) is 7.30. The molecule has 0 unspecified atom stereocenters. The lowest BCUT2D eigenvalue weighted by Crippen LogP contribution is -2.45. The Morgan fingerprint density at radius 2 is 1.69 bits per heavy atom. The number of hydrogen-bond acceptors (Lipinski definition) is 6. The van der Waals surface area contributed by atoms with Crippen molar-refractivity contribution in [1.29, 1.82) is 5.26 Å². The Morgan fingerprint density at radius 3 is 2.41 bits per heavy atom. The van der Waals surface area contributed by atoms with E-state index in [9.17, 15) is 9.59 Å². The number of carboxylic acid groups (broad SMARTS) is 1. The molecule has 1 aromatic carbocycles. The predicted molar refractivity (Wildman–Crippen MR) is 159 cm³/mol. The minimum Gasteiger partial charge on any atom is -0.477 e. The van der Waals surface area contributed by atoms with Gasteiger partial charge in [-0.15, -0.1) is 22.7 Å². The number of benzene rings is 1. The molecule has 0 saturated carbocycles. The Kier molecular flexibility index (Phi) is 5.98. The van der Waals surface area contributed by atoms with Gasteiger partial charge in [0.25, 0.3) is 0 Å². The highest BCUT2D eigenvalue weighted by Crippen LogP contribution is 2.52. The summed E-state index contributed by atoms with van der Waals surface area (Å²) in [5, 5.41) is 18.2. The normalized spacial score (nSPS) is 19.2. The van der Waals surface area contributed by atoms with Crippen molar-refractivity contribution in [2.75, 3.05) is 18.0 Å². The summed E-state index contributed by atoms with van der Waals surface area (Å²) in [5.74, 6) is -1.08. The number of Topliss-reactive ketones (excluding diaryl/α,β-unsaturated/α-hetero) is 1. The van der Waals surface area contributed by atoms with Gasteiger partial charge in [0.05, 0.1) is 0 Å². The molecule has 2 aromatic heterocycles. The Balaban J connectivity index is 1.41. The maximum absolute atomic E-state index is 13.6. The molecule has 198 valence electrons. The lowest BCUT2D eigenvalue weighted by Gasteiger charge is -2.49. The van der Waals surface area contributed by atoms with E-state index in [1.807, 2.05) is 24.3 Å². The Morgan fingerprint density at radius 1 is 1.03 bits per heavy atom. The fourth-order valence-corrected chi connectivity index (χ4v) is 8.29. The number of thiophene rings is 2. The van der Waals surface area contributed by atoms with Crippen LogP contribution in [0, 0.1) is 11.3 Å². The zero-order valence-corrected chi connectivity index (χ0v) is 24.2. The van der Waals surface area contributed by atoms with E-state index in [0.717, 1.165) is 46.1 Å². The Bertz CT molecular complexity index is 1660. The number of aliphatic carboxylic acids is 1. The summed E-state index contributed by atoms with van der Waals surface area (Å²) < 4.78 is 0. The van der Waals surface area contributed by atoms with Crippen LogP contribution in [-0.4, -0.2) is 29.9 Å². The molecule has 7 heteroatoms. The zero-order valence-electron chi connectivity index (χ0n) is 22.6. The standard InChI is InChI=1S/C32H30N2O3S2/c1-31(2)9-11-34-12-10-32(3,4)28-21-16-24(35)22(14-18(21)15-23(31)29(28)34)25-7-8-27(39-25)26-6-5-20(38-26)13-19(17-33)30(36)37/h5-8,13-15H,9-12,16H2,1-4H3,(H,36,37)/b19-13-. The molecule has 0 bridgehead atoms. The average Bonchev–Trinajstić information content (AvgIpc) is 3.55. The highest BCUT2D eigenvalue weighted by atomic mass is 32.1. The average molecular weight is 555 g/mol. The molecule has 0 fully saturated rings. The van der Waals surface area contributed by atoms with E-state index < -0.39 is 5.97 Å². The van der Waals surface area contributed by atoms with Crippen LogP contribution < -0.4 is 4.90 Å². The first-order valence-corrected chi connectivity index (χ1v) is 14.9. The SMILES string of the molecule is CC1(C)CCN2CCC(C)(C)c3c4c(cc1c32)C=C(c1ccc(-c2ccc(/C=C(/C#N)C(=O)O)s2)s1)C(=O)C4. The second-order valence-electron chi connectivity index (χ2n) is 12.0. The van der Waals surface area contributed by atoms with Gasteiger partial charge in [-0.25, -0.2) is 4.79 Å². The van der Waals surface area contributed by atoms with Crippen LogP contribution in [0.15, 0.2) is 35.9 Å². The van der Waals surface area contributed by atoms with Crippen molar-refractivity contribution < 1.29 is 14.7 Å². The van der Waals surface area contributed by atoms with Gasteiger partial charge in [-0.3, -0.25) is 4.79 Å². The van der Waals surface area contributed by atoms with E-state index in [2.05, 4.69) is 44.7 Å². The van der Waals surface area contributed by atoms with E-state index in [1.54, 1.807) is 17.4 Å². The monoisotopic (exact) mass is 554 g/mol. The van der Waals surface area contributed by atoms with Crippen molar-refractivity contribution in [3.05, 3.63) is 67.9 Å². The highest BCUT2D eigenvalue weighted by molar-refractivity contribution is 7.23. The van der Waals surface area contributed by atoms with Gasteiger partial charge in [0.1, 0.15) is 11.6 Å². The molecule has 3 aliphatic rings. The van der Waals surface area contributed by atoms with Crippen LogP contribution >= 0.6 is 22.7 Å². The first-order valence-electron chi connectivity index (χ1n) is 13.2. The summed E-state index contributed by atoms with van der Waals surface area (Å²) in [6.07, 6.45) is 6.15. The molecule has 3 aromatic rings. The Hall–Kier alpha value is -3.47. The molecular formula is C32H30N2O3S2. The molecular weight excluding hydrogens is 524 g/mol.